The average molecular weight is 707 g/mol. The number of aromatic nitrogens is 1. The fraction of sp³-hybridized carbons (Fsp3) is 0.0943. The summed E-state index contributed by atoms with van der Waals surface area (Å²) in [7, 11) is 0. The van der Waals surface area contributed by atoms with Crippen molar-refractivity contribution in [3.8, 4) is 16.8 Å². The molecule has 0 aliphatic heterocycles. The maximum Gasteiger partial charge on any atom is 0.0622 e. The number of fused-ring (bicyclic) bond motifs is 10. The summed E-state index contributed by atoms with van der Waals surface area (Å²) in [6, 6.07) is 61.4. The van der Waals surface area contributed by atoms with Gasteiger partial charge in [0.2, 0.25) is 0 Å². The zero-order valence-electron chi connectivity index (χ0n) is 30.8. The second-order valence-electron chi connectivity index (χ2n) is 14.9. The first-order valence-corrected chi connectivity index (χ1v) is 19.5. The molecule has 1 aromatic heterocycles. The van der Waals surface area contributed by atoms with Gasteiger partial charge in [-0.25, -0.2) is 0 Å². The minimum Gasteiger partial charge on any atom is -0.321 e. The first-order chi connectivity index (χ1) is 27.2. The summed E-state index contributed by atoms with van der Waals surface area (Å²) in [6.45, 7) is 0. The van der Waals surface area contributed by atoms with E-state index >= 15 is 0 Å². The number of aryl methyl sites for hydroxylation is 2. The molecule has 1 atom stereocenters. The van der Waals surface area contributed by atoms with Gasteiger partial charge in [-0.05, 0) is 110 Å². The molecule has 2 N–H and O–H groups in total. The van der Waals surface area contributed by atoms with E-state index in [1.807, 2.05) is 0 Å². The molecule has 9 aromatic rings. The van der Waals surface area contributed by atoms with Gasteiger partial charge in [-0.15, -0.1) is 0 Å². The van der Waals surface area contributed by atoms with E-state index in [2.05, 4.69) is 193 Å². The Bertz CT molecular complexity index is 2910. The fourth-order valence-corrected chi connectivity index (χ4v) is 8.92. The number of hydrogen-bond acceptors (Lipinski definition) is 1. The number of nitrogens with two attached hydrogens (primary N) is 1. The van der Waals surface area contributed by atoms with E-state index < -0.39 is 0 Å². The van der Waals surface area contributed by atoms with Crippen molar-refractivity contribution >= 4 is 54.9 Å². The number of nitrogens with zero attached hydrogens (tertiary/aromatic N) is 1. The van der Waals surface area contributed by atoms with E-state index in [1.165, 1.54) is 82.3 Å². The number of hydrogen-bond donors (Lipinski definition) is 1. The molecule has 0 radical (unpaired) electrons. The van der Waals surface area contributed by atoms with Crippen molar-refractivity contribution < 1.29 is 0 Å². The molecule has 0 amide bonds. The molecule has 1 aliphatic carbocycles. The Kier molecular flexibility index (Phi) is 8.47. The molecule has 0 fully saturated rings. The number of benzene rings is 8. The predicted molar refractivity (Wildman–Crippen MR) is 235 cm³/mol. The van der Waals surface area contributed by atoms with Crippen LogP contribution in [0.5, 0.6) is 0 Å². The van der Waals surface area contributed by atoms with Gasteiger partial charge in [-0.2, -0.15) is 0 Å². The van der Waals surface area contributed by atoms with Gasteiger partial charge in [0.1, 0.15) is 0 Å². The fourth-order valence-electron chi connectivity index (χ4n) is 8.92. The topological polar surface area (TPSA) is 30.9 Å². The van der Waals surface area contributed by atoms with Crippen LogP contribution in [-0.2, 0) is 12.8 Å². The highest BCUT2D eigenvalue weighted by Crippen LogP contribution is 2.45. The average Bonchev–Trinajstić information content (AvgIpc) is 3.61. The van der Waals surface area contributed by atoms with E-state index in [9.17, 15) is 0 Å². The second-order valence-corrected chi connectivity index (χ2v) is 14.9. The van der Waals surface area contributed by atoms with Crippen LogP contribution in [0.25, 0.3) is 71.7 Å². The highest BCUT2D eigenvalue weighted by atomic mass is 15.0. The SMILES string of the molecule is NC(/C=C(\CCc1cccc(-c2ccccc2)c1)c1ccccc1)c1ccc(-n2c3c(c4c5c6ccccc6ccc5c5ccccc5c42)CCC=C3)cc1. The van der Waals surface area contributed by atoms with Crippen LogP contribution in [0.2, 0.25) is 0 Å². The van der Waals surface area contributed by atoms with Crippen LogP contribution in [0.15, 0.2) is 182 Å². The van der Waals surface area contributed by atoms with Crippen LogP contribution in [0.4, 0.5) is 0 Å². The molecule has 1 heterocycles. The quantitative estimate of drug-likeness (QED) is 0.157. The van der Waals surface area contributed by atoms with Gasteiger partial charge in [-0.1, -0.05) is 170 Å². The zero-order valence-corrected chi connectivity index (χ0v) is 30.8. The summed E-state index contributed by atoms with van der Waals surface area (Å²) in [6.07, 6.45) is 10.9. The molecule has 0 bridgehead atoms. The Labute approximate surface area is 322 Å². The van der Waals surface area contributed by atoms with Crippen molar-refractivity contribution in [2.75, 3.05) is 0 Å². The van der Waals surface area contributed by atoms with Crippen molar-refractivity contribution in [1.82, 2.24) is 4.57 Å². The molecule has 1 aliphatic rings. The number of rotatable bonds is 8. The lowest BCUT2D eigenvalue weighted by Gasteiger charge is -2.16. The van der Waals surface area contributed by atoms with Crippen molar-refractivity contribution in [1.29, 1.82) is 0 Å². The van der Waals surface area contributed by atoms with Gasteiger partial charge in [-0.3, -0.25) is 0 Å². The van der Waals surface area contributed by atoms with E-state index in [4.69, 9.17) is 5.73 Å². The molecule has 0 saturated carbocycles. The van der Waals surface area contributed by atoms with Crippen LogP contribution >= 0.6 is 0 Å². The minimum atomic E-state index is -0.244. The van der Waals surface area contributed by atoms with Gasteiger partial charge in [0, 0.05) is 28.2 Å². The van der Waals surface area contributed by atoms with Gasteiger partial charge in [0.15, 0.2) is 0 Å². The molecular weight excluding hydrogens is 665 g/mol. The van der Waals surface area contributed by atoms with E-state index in [0.717, 1.165) is 36.9 Å². The van der Waals surface area contributed by atoms with Crippen LogP contribution < -0.4 is 5.73 Å². The molecular formula is C53H42N2. The van der Waals surface area contributed by atoms with E-state index in [-0.39, 0.29) is 6.04 Å². The smallest absolute Gasteiger partial charge is 0.0622 e. The van der Waals surface area contributed by atoms with E-state index in [1.54, 1.807) is 0 Å². The van der Waals surface area contributed by atoms with Crippen molar-refractivity contribution in [3.63, 3.8) is 0 Å². The number of allylic oxidation sites excluding steroid dienone is 2. The molecule has 264 valence electrons. The molecule has 2 heteroatoms. The lowest BCUT2D eigenvalue weighted by atomic mass is 9.90. The highest BCUT2D eigenvalue weighted by Gasteiger charge is 2.24. The normalized spacial score (nSPS) is 13.5. The molecule has 1 unspecified atom stereocenters. The van der Waals surface area contributed by atoms with Crippen LogP contribution in [0.3, 0.4) is 0 Å². The second kappa shape index (κ2) is 14.1. The van der Waals surface area contributed by atoms with Crippen LogP contribution in [-0.4, -0.2) is 4.57 Å². The van der Waals surface area contributed by atoms with Crippen LogP contribution in [0.1, 0.15) is 46.8 Å². The lowest BCUT2D eigenvalue weighted by Crippen LogP contribution is -2.09. The standard InChI is InChI=1S/C53H42N2/c54-49(35-42(38-17-5-2-6-18-38)27-26-36-14-13-20-41(34-36)37-15-3-1-4-16-37)40-28-31-43(32-29-40)55-50-25-12-11-24-48(50)52-51-44-21-8-7-19-39(44)30-33-46(51)45-22-9-10-23-47(45)53(52)55/h1-10,12-23,25,28-35,49H,11,24,26-27,54H2/b42-35+. The van der Waals surface area contributed by atoms with Crippen molar-refractivity contribution in [3.05, 3.63) is 210 Å². The molecule has 0 saturated heterocycles. The van der Waals surface area contributed by atoms with Crippen LogP contribution in [0, 0.1) is 0 Å². The Hall–Kier alpha value is -6.48. The predicted octanol–water partition coefficient (Wildman–Crippen LogP) is 13.4. The summed E-state index contributed by atoms with van der Waals surface area (Å²) in [4.78, 5) is 0. The molecule has 55 heavy (non-hydrogen) atoms. The maximum absolute atomic E-state index is 7.07. The van der Waals surface area contributed by atoms with Gasteiger partial charge < -0.3 is 10.3 Å². The third-order valence-electron chi connectivity index (χ3n) is 11.6. The third-order valence-corrected chi connectivity index (χ3v) is 11.6. The van der Waals surface area contributed by atoms with E-state index in [0.29, 0.717) is 0 Å². The Morgan fingerprint density at radius 1 is 0.618 bits per heavy atom. The van der Waals surface area contributed by atoms with Gasteiger partial charge in [0.05, 0.1) is 5.52 Å². The highest BCUT2D eigenvalue weighted by molar-refractivity contribution is 6.32. The summed E-state index contributed by atoms with van der Waals surface area (Å²) >= 11 is 0. The summed E-state index contributed by atoms with van der Waals surface area (Å²) < 4.78 is 2.51. The monoisotopic (exact) mass is 706 g/mol. The Balaban J connectivity index is 1.04. The molecule has 8 aromatic carbocycles. The largest absolute Gasteiger partial charge is 0.321 e. The first kappa shape index (κ1) is 33.1. The van der Waals surface area contributed by atoms with Gasteiger partial charge >= 0.3 is 0 Å². The molecule has 2 nitrogen and oxygen atoms in total. The minimum absolute atomic E-state index is 0.244. The summed E-state index contributed by atoms with van der Waals surface area (Å²) in [5.41, 5.74) is 19.6. The maximum atomic E-state index is 7.07. The molecule has 0 spiro atoms. The summed E-state index contributed by atoms with van der Waals surface area (Å²) in [5, 5.41) is 9.24. The zero-order chi connectivity index (χ0) is 36.7. The van der Waals surface area contributed by atoms with Gasteiger partial charge in [0.25, 0.3) is 0 Å². The lowest BCUT2D eigenvalue weighted by molar-refractivity contribution is 0.898. The third kappa shape index (κ3) is 5.96. The van der Waals surface area contributed by atoms with Crippen molar-refractivity contribution in [2.45, 2.75) is 31.7 Å². The Morgan fingerprint density at radius 2 is 1.33 bits per heavy atom. The first-order valence-electron chi connectivity index (χ1n) is 19.5. The molecule has 10 rings (SSSR count). The van der Waals surface area contributed by atoms with Crippen molar-refractivity contribution in [2.24, 2.45) is 5.73 Å². The summed E-state index contributed by atoms with van der Waals surface area (Å²) in [5.74, 6) is 0. The Morgan fingerprint density at radius 3 is 2.15 bits per heavy atom.